The van der Waals surface area contributed by atoms with E-state index >= 15 is 0 Å². The zero-order valence-electron chi connectivity index (χ0n) is 16.2. The third-order valence-corrected chi connectivity index (χ3v) is 6.48. The van der Waals surface area contributed by atoms with Gasteiger partial charge in [0.15, 0.2) is 0 Å². The first kappa shape index (κ1) is 18.8. The number of benzene rings is 3. The van der Waals surface area contributed by atoms with E-state index in [0.29, 0.717) is 10.7 Å². The topological polar surface area (TPSA) is 37.4 Å². The van der Waals surface area contributed by atoms with Gasteiger partial charge in [-0.1, -0.05) is 96.5 Å². The largest absolute Gasteiger partial charge is 0.274 e. The zero-order valence-corrected chi connectivity index (χ0v) is 16.9. The number of para-hydroxylation sites is 1. The van der Waals surface area contributed by atoms with Crippen molar-refractivity contribution >= 4 is 29.1 Å². The number of allylic oxidation sites excluding steroid dienone is 2. The Kier molecular flexibility index (Phi) is 4.76. The molecule has 3 aromatic rings. The quantitative estimate of drug-likeness (QED) is 0.415. The SMILES string of the molecule is O=C1[C@@H]2[C@H](C(=O)N1c1ccccc1Cl)[C@@H](c1ccccc1)C=C[C@H]2c1ccccc1. The number of carbonyl (C=O) groups is 2. The maximum atomic E-state index is 13.7. The highest BCUT2D eigenvalue weighted by molar-refractivity contribution is 6.36. The van der Waals surface area contributed by atoms with Crippen molar-refractivity contribution < 1.29 is 9.59 Å². The van der Waals surface area contributed by atoms with Gasteiger partial charge in [0.05, 0.1) is 22.5 Å². The predicted molar refractivity (Wildman–Crippen MR) is 118 cm³/mol. The highest BCUT2D eigenvalue weighted by atomic mass is 35.5. The summed E-state index contributed by atoms with van der Waals surface area (Å²) in [7, 11) is 0. The molecule has 0 aromatic heterocycles. The van der Waals surface area contributed by atoms with Crippen molar-refractivity contribution in [3.63, 3.8) is 0 Å². The third-order valence-electron chi connectivity index (χ3n) is 6.16. The summed E-state index contributed by atoms with van der Waals surface area (Å²) in [5.41, 5.74) is 2.54. The van der Waals surface area contributed by atoms with E-state index in [9.17, 15) is 9.59 Å². The van der Waals surface area contributed by atoms with Crippen molar-refractivity contribution in [2.75, 3.05) is 4.90 Å². The van der Waals surface area contributed by atoms with Crippen molar-refractivity contribution in [3.8, 4) is 0 Å². The summed E-state index contributed by atoms with van der Waals surface area (Å²) >= 11 is 6.38. The van der Waals surface area contributed by atoms with Gasteiger partial charge in [0.2, 0.25) is 11.8 Å². The summed E-state index contributed by atoms with van der Waals surface area (Å²) in [6.45, 7) is 0. The number of fused-ring (bicyclic) bond motifs is 1. The van der Waals surface area contributed by atoms with E-state index in [2.05, 4.69) is 12.2 Å². The Balaban J connectivity index is 1.65. The highest BCUT2D eigenvalue weighted by Crippen LogP contribution is 2.50. The molecule has 0 spiro atoms. The van der Waals surface area contributed by atoms with Crippen LogP contribution >= 0.6 is 11.6 Å². The molecule has 2 amide bonds. The lowest BCUT2D eigenvalue weighted by Crippen LogP contribution is -2.31. The van der Waals surface area contributed by atoms with E-state index in [1.54, 1.807) is 24.3 Å². The fraction of sp³-hybridized carbons (Fsp3) is 0.154. The maximum absolute atomic E-state index is 13.7. The van der Waals surface area contributed by atoms with Gasteiger partial charge in [-0.05, 0) is 23.3 Å². The van der Waals surface area contributed by atoms with Crippen LogP contribution < -0.4 is 4.90 Å². The van der Waals surface area contributed by atoms with Crippen LogP contribution in [0.25, 0.3) is 0 Å². The monoisotopic (exact) mass is 413 g/mol. The van der Waals surface area contributed by atoms with E-state index in [1.807, 2.05) is 60.7 Å². The van der Waals surface area contributed by atoms with Crippen LogP contribution in [0.3, 0.4) is 0 Å². The Hall–Kier alpha value is -3.17. The molecule has 2 aliphatic rings. The molecule has 4 heteroatoms. The van der Waals surface area contributed by atoms with Gasteiger partial charge in [-0.2, -0.15) is 0 Å². The molecule has 0 bridgehead atoms. The molecule has 5 rings (SSSR count). The van der Waals surface area contributed by atoms with Gasteiger partial charge < -0.3 is 0 Å². The van der Waals surface area contributed by atoms with Gasteiger partial charge in [-0.25, -0.2) is 4.90 Å². The second-order valence-electron chi connectivity index (χ2n) is 7.77. The van der Waals surface area contributed by atoms with Crippen molar-refractivity contribution in [3.05, 3.63) is 113 Å². The number of nitrogens with zero attached hydrogens (tertiary/aromatic N) is 1. The molecule has 1 heterocycles. The minimum atomic E-state index is -0.466. The van der Waals surface area contributed by atoms with Crippen LogP contribution in [0, 0.1) is 11.8 Å². The molecule has 1 aliphatic heterocycles. The molecule has 1 aliphatic carbocycles. The van der Waals surface area contributed by atoms with E-state index in [4.69, 9.17) is 11.6 Å². The van der Waals surface area contributed by atoms with Crippen LogP contribution in [-0.2, 0) is 9.59 Å². The normalized spacial score (nSPS) is 25.4. The lowest BCUT2D eigenvalue weighted by atomic mass is 9.68. The average molecular weight is 414 g/mol. The number of halogens is 1. The number of carbonyl (C=O) groups excluding carboxylic acids is 2. The third kappa shape index (κ3) is 2.98. The molecule has 148 valence electrons. The lowest BCUT2D eigenvalue weighted by Gasteiger charge is -2.32. The van der Waals surface area contributed by atoms with Crippen LogP contribution in [0.2, 0.25) is 5.02 Å². The molecular formula is C26H20ClNO2. The van der Waals surface area contributed by atoms with Crippen molar-refractivity contribution in [2.24, 2.45) is 11.8 Å². The molecule has 3 nitrogen and oxygen atoms in total. The first-order valence-electron chi connectivity index (χ1n) is 10.1. The Bertz CT molecular complexity index is 1060. The van der Waals surface area contributed by atoms with Crippen molar-refractivity contribution in [1.29, 1.82) is 0 Å². The second kappa shape index (κ2) is 7.58. The number of hydrogen-bond acceptors (Lipinski definition) is 2. The number of rotatable bonds is 3. The lowest BCUT2D eigenvalue weighted by molar-refractivity contribution is -0.122. The summed E-state index contributed by atoms with van der Waals surface area (Å²) in [6.07, 6.45) is 4.19. The first-order valence-corrected chi connectivity index (χ1v) is 10.4. The Morgan fingerprint density at radius 3 is 1.50 bits per heavy atom. The number of anilines is 1. The Morgan fingerprint density at radius 2 is 1.03 bits per heavy atom. The molecule has 3 aromatic carbocycles. The van der Waals surface area contributed by atoms with Crippen LogP contribution in [0.15, 0.2) is 97.1 Å². The van der Waals surface area contributed by atoms with E-state index in [-0.39, 0.29) is 23.7 Å². The number of amides is 2. The molecule has 0 N–H and O–H groups in total. The Morgan fingerprint density at radius 1 is 0.600 bits per heavy atom. The van der Waals surface area contributed by atoms with Crippen LogP contribution in [0.1, 0.15) is 23.0 Å². The molecule has 30 heavy (non-hydrogen) atoms. The van der Waals surface area contributed by atoms with E-state index in [0.717, 1.165) is 11.1 Å². The van der Waals surface area contributed by atoms with Crippen molar-refractivity contribution in [1.82, 2.24) is 0 Å². The molecule has 0 radical (unpaired) electrons. The van der Waals surface area contributed by atoms with E-state index < -0.39 is 11.8 Å². The molecule has 1 saturated heterocycles. The fourth-order valence-corrected chi connectivity index (χ4v) is 5.02. The minimum absolute atomic E-state index is 0.153. The second-order valence-corrected chi connectivity index (χ2v) is 8.18. The molecule has 4 atom stereocenters. The van der Waals surface area contributed by atoms with E-state index in [1.165, 1.54) is 4.90 Å². The van der Waals surface area contributed by atoms with Crippen LogP contribution in [-0.4, -0.2) is 11.8 Å². The summed E-state index contributed by atoms with van der Waals surface area (Å²) in [4.78, 5) is 28.7. The van der Waals surface area contributed by atoms with Gasteiger partial charge >= 0.3 is 0 Å². The summed E-state index contributed by atoms with van der Waals surface area (Å²) in [6, 6.07) is 26.9. The number of hydrogen-bond donors (Lipinski definition) is 0. The number of imide groups is 1. The van der Waals surface area contributed by atoms with Gasteiger partial charge in [0.1, 0.15) is 0 Å². The smallest absolute Gasteiger partial charge is 0.238 e. The van der Waals surface area contributed by atoms with Gasteiger partial charge in [0, 0.05) is 11.8 Å². The molecule has 0 saturated carbocycles. The molecule has 0 unspecified atom stereocenters. The average Bonchev–Trinajstić information content (AvgIpc) is 3.06. The minimum Gasteiger partial charge on any atom is -0.274 e. The summed E-state index contributed by atoms with van der Waals surface area (Å²) in [5, 5.41) is 0.401. The standard InChI is InChI=1S/C26H20ClNO2/c27-21-13-7-8-14-22(21)28-25(29)23-19(17-9-3-1-4-10-17)15-16-20(24(23)26(28)30)18-11-5-2-6-12-18/h1-16,19-20,23-24H/t19-,20+,23-,24+. The molecule has 1 fully saturated rings. The predicted octanol–water partition coefficient (Wildman–Crippen LogP) is 5.58. The summed E-state index contributed by atoms with van der Waals surface area (Å²) in [5.74, 6) is -1.60. The van der Waals surface area contributed by atoms with Crippen LogP contribution in [0.4, 0.5) is 5.69 Å². The van der Waals surface area contributed by atoms with Crippen molar-refractivity contribution in [2.45, 2.75) is 11.8 Å². The maximum Gasteiger partial charge on any atom is 0.238 e. The molecular weight excluding hydrogens is 394 g/mol. The van der Waals surface area contributed by atoms with Crippen LogP contribution in [0.5, 0.6) is 0 Å². The summed E-state index contributed by atoms with van der Waals surface area (Å²) < 4.78 is 0. The first-order chi connectivity index (χ1) is 14.7. The Labute approximate surface area is 180 Å². The fourth-order valence-electron chi connectivity index (χ4n) is 4.80. The zero-order chi connectivity index (χ0) is 20.7. The van der Waals surface area contributed by atoms with Gasteiger partial charge in [0.25, 0.3) is 0 Å². The van der Waals surface area contributed by atoms with Gasteiger partial charge in [-0.3, -0.25) is 9.59 Å². The highest BCUT2D eigenvalue weighted by Gasteiger charge is 2.55. The van der Waals surface area contributed by atoms with Gasteiger partial charge in [-0.15, -0.1) is 0 Å².